The Hall–Kier alpha value is -3.52. The number of anilines is 2. The number of H-pyrrole nitrogens is 1. The van der Waals surface area contributed by atoms with Gasteiger partial charge in [0, 0.05) is 27.9 Å². The van der Waals surface area contributed by atoms with Crippen LogP contribution in [0.5, 0.6) is 0 Å². The number of aromatic nitrogens is 2. The molecule has 2 amide bonds. The third-order valence-corrected chi connectivity index (χ3v) is 4.74. The van der Waals surface area contributed by atoms with Crippen molar-refractivity contribution in [3.05, 3.63) is 77.4 Å². The predicted molar refractivity (Wildman–Crippen MR) is 111 cm³/mol. The fourth-order valence-corrected chi connectivity index (χ4v) is 3.19. The Morgan fingerprint density at radius 3 is 2.40 bits per heavy atom. The standard InChI is InChI=1S/C21H14ClF3N4O/c22-16-4-2-1-3-14(16)17-10-9-15-18(11-26-19(15)28-17)29-20(30)27-13-7-5-12(6-8-13)21(23,24)25/h1-11H,(H,26,28)(H2,27,29,30). The third kappa shape index (κ3) is 4.08. The number of carbonyl (C=O) groups is 1. The van der Waals surface area contributed by atoms with Crippen molar-refractivity contribution in [2.24, 2.45) is 0 Å². The van der Waals surface area contributed by atoms with Crippen LogP contribution in [0.25, 0.3) is 22.3 Å². The van der Waals surface area contributed by atoms with E-state index in [1.54, 1.807) is 24.4 Å². The molecule has 0 radical (unpaired) electrons. The van der Waals surface area contributed by atoms with E-state index in [9.17, 15) is 18.0 Å². The third-order valence-electron chi connectivity index (χ3n) is 4.41. The van der Waals surface area contributed by atoms with Crippen LogP contribution in [0, 0.1) is 0 Å². The average Bonchev–Trinajstić information content (AvgIpc) is 3.10. The molecule has 4 aromatic rings. The highest BCUT2D eigenvalue weighted by molar-refractivity contribution is 6.33. The van der Waals surface area contributed by atoms with Crippen LogP contribution >= 0.6 is 11.6 Å². The van der Waals surface area contributed by atoms with Crippen LogP contribution in [-0.2, 0) is 6.18 Å². The van der Waals surface area contributed by atoms with Gasteiger partial charge in [0.15, 0.2) is 0 Å². The Morgan fingerprint density at radius 1 is 0.967 bits per heavy atom. The van der Waals surface area contributed by atoms with Crippen LogP contribution in [0.4, 0.5) is 29.3 Å². The molecule has 30 heavy (non-hydrogen) atoms. The molecule has 0 saturated carbocycles. The summed E-state index contributed by atoms with van der Waals surface area (Å²) in [4.78, 5) is 19.8. The van der Waals surface area contributed by atoms with E-state index in [0.717, 1.165) is 17.7 Å². The second-order valence-electron chi connectivity index (χ2n) is 6.43. The minimum absolute atomic E-state index is 0.236. The first-order valence-electron chi connectivity index (χ1n) is 8.79. The fourth-order valence-electron chi connectivity index (χ4n) is 2.95. The van der Waals surface area contributed by atoms with Crippen LogP contribution in [-0.4, -0.2) is 16.0 Å². The Kier molecular flexibility index (Phi) is 5.09. The van der Waals surface area contributed by atoms with E-state index in [-0.39, 0.29) is 5.69 Å². The van der Waals surface area contributed by atoms with Crippen molar-refractivity contribution in [1.82, 2.24) is 9.97 Å². The number of hydrogen-bond acceptors (Lipinski definition) is 2. The van der Waals surface area contributed by atoms with E-state index in [4.69, 9.17) is 11.6 Å². The Balaban J connectivity index is 1.50. The topological polar surface area (TPSA) is 69.8 Å². The van der Waals surface area contributed by atoms with Gasteiger partial charge in [-0.1, -0.05) is 29.8 Å². The van der Waals surface area contributed by atoms with Gasteiger partial charge in [0.05, 0.1) is 16.9 Å². The second kappa shape index (κ2) is 7.72. The molecule has 0 aliphatic rings. The highest BCUT2D eigenvalue weighted by atomic mass is 35.5. The van der Waals surface area contributed by atoms with Crippen molar-refractivity contribution >= 4 is 40.0 Å². The molecule has 0 aliphatic carbocycles. The maximum absolute atomic E-state index is 12.6. The van der Waals surface area contributed by atoms with Gasteiger partial charge in [0.1, 0.15) is 5.65 Å². The molecule has 0 fully saturated rings. The van der Waals surface area contributed by atoms with Crippen LogP contribution in [0.15, 0.2) is 66.9 Å². The van der Waals surface area contributed by atoms with E-state index in [1.807, 2.05) is 18.2 Å². The summed E-state index contributed by atoms with van der Waals surface area (Å²) < 4.78 is 37.9. The number of fused-ring (bicyclic) bond motifs is 1. The summed E-state index contributed by atoms with van der Waals surface area (Å²) in [5, 5.41) is 6.41. The molecule has 0 bridgehead atoms. The highest BCUT2D eigenvalue weighted by Gasteiger charge is 2.30. The van der Waals surface area contributed by atoms with Crippen LogP contribution < -0.4 is 10.6 Å². The van der Waals surface area contributed by atoms with Gasteiger partial charge in [-0.3, -0.25) is 0 Å². The summed E-state index contributed by atoms with van der Waals surface area (Å²) in [5.41, 5.74) is 1.94. The second-order valence-corrected chi connectivity index (χ2v) is 6.84. The molecule has 2 aromatic heterocycles. The monoisotopic (exact) mass is 430 g/mol. The lowest BCUT2D eigenvalue weighted by atomic mass is 10.1. The number of aromatic amines is 1. The fraction of sp³-hybridized carbons (Fsp3) is 0.0476. The molecule has 152 valence electrons. The molecular formula is C21H14ClF3N4O. The molecule has 0 aliphatic heterocycles. The van der Waals surface area contributed by atoms with E-state index < -0.39 is 17.8 Å². The average molecular weight is 431 g/mol. The lowest BCUT2D eigenvalue weighted by Gasteiger charge is -2.09. The number of nitrogens with zero attached hydrogens (tertiary/aromatic N) is 1. The lowest BCUT2D eigenvalue weighted by molar-refractivity contribution is -0.137. The SMILES string of the molecule is O=C(Nc1ccc(C(F)(F)F)cc1)Nc1c[nH]c2nc(-c3ccccc3Cl)ccc12. The summed E-state index contributed by atoms with van der Waals surface area (Å²) in [7, 11) is 0. The largest absolute Gasteiger partial charge is 0.416 e. The molecule has 0 saturated heterocycles. The summed E-state index contributed by atoms with van der Waals surface area (Å²) >= 11 is 6.22. The summed E-state index contributed by atoms with van der Waals surface area (Å²) in [6.45, 7) is 0. The minimum Gasteiger partial charge on any atom is -0.344 e. The van der Waals surface area contributed by atoms with E-state index in [1.165, 1.54) is 12.1 Å². The maximum Gasteiger partial charge on any atom is 0.416 e. The van der Waals surface area contributed by atoms with Gasteiger partial charge in [0.25, 0.3) is 0 Å². The molecule has 5 nitrogen and oxygen atoms in total. The van der Waals surface area contributed by atoms with Gasteiger partial charge in [-0.15, -0.1) is 0 Å². The van der Waals surface area contributed by atoms with Crippen molar-refractivity contribution in [2.75, 3.05) is 10.6 Å². The number of benzene rings is 2. The zero-order chi connectivity index (χ0) is 21.3. The zero-order valence-corrected chi connectivity index (χ0v) is 16.0. The van der Waals surface area contributed by atoms with Crippen LogP contribution in [0.1, 0.15) is 5.56 Å². The van der Waals surface area contributed by atoms with Crippen molar-refractivity contribution in [3.63, 3.8) is 0 Å². The van der Waals surface area contributed by atoms with Crippen molar-refractivity contribution in [3.8, 4) is 11.3 Å². The van der Waals surface area contributed by atoms with Gasteiger partial charge in [-0.25, -0.2) is 9.78 Å². The molecule has 0 atom stereocenters. The van der Waals surface area contributed by atoms with Crippen molar-refractivity contribution in [1.29, 1.82) is 0 Å². The van der Waals surface area contributed by atoms with Gasteiger partial charge in [-0.2, -0.15) is 13.2 Å². The molecule has 3 N–H and O–H groups in total. The van der Waals surface area contributed by atoms with Gasteiger partial charge >= 0.3 is 12.2 Å². The number of pyridine rings is 1. The molecule has 9 heteroatoms. The van der Waals surface area contributed by atoms with Crippen LogP contribution in [0.3, 0.4) is 0 Å². The van der Waals surface area contributed by atoms with E-state index >= 15 is 0 Å². The number of alkyl halides is 3. The lowest BCUT2D eigenvalue weighted by Crippen LogP contribution is -2.19. The number of carbonyl (C=O) groups excluding carboxylic acids is 1. The number of halogens is 4. The number of nitrogens with one attached hydrogen (secondary N) is 3. The number of amides is 2. The first kappa shape index (κ1) is 19.8. The number of rotatable bonds is 3. The smallest absolute Gasteiger partial charge is 0.344 e. The molecule has 0 spiro atoms. The molecule has 4 rings (SSSR count). The van der Waals surface area contributed by atoms with Gasteiger partial charge in [-0.05, 0) is 42.5 Å². The predicted octanol–water partition coefficient (Wildman–Crippen LogP) is 6.55. The normalized spacial score (nSPS) is 11.5. The molecule has 2 aromatic carbocycles. The summed E-state index contributed by atoms with van der Waals surface area (Å²) in [6, 6.07) is 14.5. The molecule has 0 unspecified atom stereocenters. The number of hydrogen-bond donors (Lipinski definition) is 3. The first-order valence-corrected chi connectivity index (χ1v) is 9.17. The Labute approximate surface area is 173 Å². The zero-order valence-electron chi connectivity index (χ0n) is 15.2. The minimum atomic E-state index is -4.43. The molecule has 2 heterocycles. The summed E-state index contributed by atoms with van der Waals surface area (Å²) in [5.74, 6) is 0. The summed E-state index contributed by atoms with van der Waals surface area (Å²) in [6.07, 6.45) is -2.85. The van der Waals surface area contributed by atoms with Gasteiger partial charge in [0.2, 0.25) is 0 Å². The Morgan fingerprint density at radius 2 is 1.70 bits per heavy atom. The highest BCUT2D eigenvalue weighted by Crippen LogP contribution is 2.31. The quantitative estimate of drug-likeness (QED) is 0.345. The van der Waals surface area contributed by atoms with E-state index in [0.29, 0.717) is 27.4 Å². The first-order chi connectivity index (χ1) is 14.3. The van der Waals surface area contributed by atoms with Crippen molar-refractivity contribution in [2.45, 2.75) is 6.18 Å². The number of urea groups is 1. The maximum atomic E-state index is 12.6. The van der Waals surface area contributed by atoms with Gasteiger partial charge < -0.3 is 15.6 Å². The van der Waals surface area contributed by atoms with Crippen LogP contribution in [0.2, 0.25) is 5.02 Å². The van der Waals surface area contributed by atoms with E-state index in [2.05, 4.69) is 20.6 Å². The Bertz CT molecular complexity index is 1220. The van der Waals surface area contributed by atoms with Crippen molar-refractivity contribution < 1.29 is 18.0 Å². The molecular weight excluding hydrogens is 417 g/mol.